The van der Waals surface area contributed by atoms with Gasteiger partial charge in [-0.25, -0.2) is 0 Å². The number of anilines is 1. The topological polar surface area (TPSA) is 138 Å². The van der Waals surface area contributed by atoms with E-state index >= 15 is 0 Å². The van der Waals surface area contributed by atoms with Crippen molar-refractivity contribution in [2.75, 3.05) is 19.2 Å². The number of hydrogen-bond donors (Lipinski definition) is 2. The van der Waals surface area contributed by atoms with Gasteiger partial charge < -0.3 is 19.5 Å². The Morgan fingerprint density at radius 2 is 2.07 bits per heavy atom. The van der Waals surface area contributed by atoms with Crippen molar-refractivity contribution in [3.63, 3.8) is 0 Å². The first-order valence-corrected chi connectivity index (χ1v) is 8.59. The smallest absolute Gasteiger partial charge is 0.301 e. The zero-order valence-corrected chi connectivity index (χ0v) is 15.3. The number of fused-ring (bicyclic) bond motifs is 2. The van der Waals surface area contributed by atoms with E-state index in [-0.39, 0.29) is 24.2 Å². The largest absolute Gasteiger partial charge is 0.493 e. The molecule has 0 unspecified atom stereocenters. The van der Waals surface area contributed by atoms with Gasteiger partial charge in [-0.1, -0.05) is 0 Å². The van der Waals surface area contributed by atoms with Crippen LogP contribution in [-0.4, -0.2) is 40.6 Å². The number of aromatic amines is 1. The summed E-state index contributed by atoms with van der Waals surface area (Å²) in [6, 6.07) is 1.22. The summed E-state index contributed by atoms with van der Waals surface area (Å²) in [5, 5.41) is 16.9. The van der Waals surface area contributed by atoms with Crippen LogP contribution in [-0.2, 0) is 4.79 Å². The van der Waals surface area contributed by atoms with Gasteiger partial charge in [0, 0.05) is 11.0 Å². The van der Waals surface area contributed by atoms with Gasteiger partial charge in [0.05, 0.1) is 18.6 Å². The Balaban J connectivity index is 1.98. The first kappa shape index (κ1) is 17.9. The molecule has 2 N–H and O–H groups in total. The number of hydrogen-bond acceptors (Lipinski definition) is 7. The van der Waals surface area contributed by atoms with Crippen molar-refractivity contribution in [2.45, 2.75) is 31.8 Å². The monoisotopic (exact) mass is 390 g/mol. The molecule has 3 heterocycles. The molecule has 11 heteroatoms. The van der Waals surface area contributed by atoms with Crippen molar-refractivity contribution in [1.82, 2.24) is 9.78 Å². The molecule has 0 radical (unpaired) electrons. The predicted octanol–water partition coefficient (Wildman–Crippen LogP) is 1.22. The molecule has 1 aromatic heterocycles. The molecule has 2 atom stereocenters. The second kappa shape index (κ2) is 6.29. The van der Waals surface area contributed by atoms with Crippen molar-refractivity contribution in [1.29, 1.82) is 0 Å². The van der Waals surface area contributed by atoms with Crippen LogP contribution >= 0.6 is 0 Å². The number of benzene rings is 1. The van der Waals surface area contributed by atoms with Gasteiger partial charge in [-0.05, 0) is 31.5 Å². The summed E-state index contributed by atoms with van der Waals surface area (Å²) in [6.07, 6.45) is 0. The van der Waals surface area contributed by atoms with Crippen molar-refractivity contribution in [3.05, 3.63) is 43.7 Å². The summed E-state index contributed by atoms with van der Waals surface area (Å²) >= 11 is 0. The van der Waals surface area contributed by atoms with Gasteiger partial charge in [0.25, 0.3) is 5.56 Å². The lowest BCUT2D eigenvalue weighted by atomic mass is 9.83. The fourth-order valence-corrected chi connectivity index (χ4v) is 3.66. The average Bonchev–Trinajstić information content (AvgIpc) is 3.24. The van der Waals surface area contributed by atoms with Gasteiger partial charge in [-0.2, -0.15) is 0 Å². The van der Waals surface area contributed by atoms with E-state index in [1.165, 1.54) is 17.9 Å². The number of nitrogens with one attached hydrogen (secondary N) is 2. The second-order valence-electron chi connectivity index (χ2n) is 6.82. The molecule has 2 aliphatic rings. The molecular weight excluding hydrogens is 372 g/mol. The average molecular weight is 390 g/mol. The van der Waals surface area contributed by atoms with Crippen LogP contribution in [0.5, 0.6) is 17.2 Å². The lowest BCUT2D eigenvalue weighted by molar-refractivity contribution is -0.509. The third kappa shape index (κ3) is 2.50. The molecule has 0 fully saturated rings. The fraction of sp³-hybridized carbons (Fsp3) is 0.412. The standard InChI is InChI=1S/C17H18N4O7/c1-7(2)20-15-12(16(22)19-20)11(13(21(24)25)17(23)18-15)8-4-9(26-3)14-10(5-8)27-6-28-14/h4-5,7,11,13H,6H2,1-3H3,(H,18,23)(H,19,22)/t11-,13+/m0/s1. The number of rotatable bonds is 4. The van der Waals surface area contributed by atoms with Crippen molar-refractivity contribution < 1.29 is 23.9 Å². The first-order valence-electron chi connectivity index (χ1n) is 8.59. The lowest BCUT2D eigenvalue weighted by Gasteiger charge is -2.27. The predicted molar refractivity (Wildman–Crippen MR) is 95.8 cm³/mol. The van der Waals surface area contributed by atoms with Gasteiger partial charge in [0.2, 0.25) is 12.5 Å². The Bertz CT molecular complexity index is 1040. The van der Waals surface area contributed by atoms with Gasteiger partial charge >= 0.3 is 11.9 Å². The minimum absolute atomic E-state index is 0.0193. The molecule has 4 rings (SSSR count). The highest BCUT2D eigenvalue weighted by atomic mass is 16.7. The molecule has 0 spiro atoms. The maximum atomic E-state index is 12.7. The van der Waals surface area contributed by atoms with E-state index in [2.05, 4.69) is 10.4 Å². The Labute approximate surface area is 158 Å². The van der Waals surface area contributed by atoms with Gasteiger partial charge in [-0.3, -0.25) is 29.5 Å². The number of amides is 1. The van der Waals surface area contributed by atoms with Crippen LogP contribution < -0.4 is 25.1 Å². The van der Waals surface area contributed by atoms with Gasteiger partial charge in [-0.15, -0.1) is 0 Å². The summed E-state index contributed by atoms with van der Waals surface area (Å²) in [6.45, 7) is 3.62. The highest BCUT2D eigenvalue weighted by molar-refractivity contribution is 5.98. The molecule has 2 aliphatic heterocycles. The maximum Gasteiger partial charge on any atom is 0.301 e. The number of aromatic nitrogens is 2. The van der Waals surface area contributed by atoms with E-state index in [1.807, 2.05) is 13.8 Å². The van der Waals surface area contributed by atoms with Crippen LogP contribution in [0.3, 0.4) is 0 Å². The van der Waals surface area contributed by atoms with E-state index in [9.17, 15) is 19.7 Å². The highest BCUT2D eigenvalue weighted by Crippen LogP contribution is 2.46. The zero-order valence-electron chi connectivity index (χ0n) is 15.3. The molecular formula is C17H18N4O7. The van der Waals surface area contributed by atoms with Crippen LogP contribution in [0.4, 0.5) is 5.82 Å². The Kier molecular flexibility index (Phi) is 4.02. The van der Waals surface area contributed by atoms with Crippen LogP contribution in [0, 0.1) is 10.1 Å². The maximum absolute atomic E-state index is 12.7. The van der Waals surface area contributed by atoms with Gasteiger partial charge in [0.15, 0.2) is 11.5 Å². The van der Waals surface area contributed by atoms with Crippen molar-refractivity contribution in [3.8, 4) is 17.2 Å². The molecule has 0 saturated carbocycles. The molecule has 1 aromatic carbocycles. The number of ether oxygens (including phenoxy) is 3. The van der Waals surface area contributed by atoms with Crippen molar-refractivity contribution in [2.24, 2.45) is 0 Å². The number of carbonyl (C=O) groups is 1. The van der Waals surface area contributed by atoms with Gasteiger partial charge in [0.1, 0.15) is 5.82 Å². The van der Waals surface area contributed by atoms with Crippen LogP contribution in [0.15, 0.2) is 16.9 Å². The van der Waals surface area contributed by atoms with E-state index in [0.29, 0.717) is 22.8 Å². The molecule has 148 valence electrons. The van der Waals surface area contributed by atoms with Crippen LogP contribution in [0.2, 0.25) is 0 Å². The Hall–Kier alpha value is -3.50. The van der Waals surface area contributed by atoms with E-state index < -0.39 is 28.3 Å². The SMILES string of the molecule is COc1cc([C@H]2c3c(n(C(C)C)[nH]c3=O)NC(=O)[C@@H]2[N+](=O)[O-])cc2c1OCO2. The normalized spacial score (nSPS) is 20.1. The fourth-order valence-electron chi connectivity index (χ4n) is 3.66. The number of carbonyl (C=O) groups excluding carboxylic acids is 1. The number of nitrogens with zero attached hydrogens (tertiary/aromatic N) is 2. The minimum Gasteiger partial charge on any atom is -0.493 e. The van der Waals surface area contributed by atoms with Crippen LogP contribution in [0.25, 0.3) is 0 Å². The number of nitro groups is 1. The summed E-state index contributed by atoms with van der Waals surface area (Å²) in [7, 11) is 1.42. The van der Waals surface area contributed by atoms with E-state index in [0.717, 1.165) is 0 Å². The first-order chi connectivity index (χ1) is 13.3. The number of H-pyrrole nitrogens is 1. The van der Waals surface area contributed by atoms with Crippen LogP contribution in [0.1, 0.15) is 36.9 Å². The third-order valence-corrected chi connectivity index (χ3v) is 4.88. The molecule has 1 amide bonds. The second-order valence-corrected chi connectivity index (χ2v) is 6.82. The molecule has 2 aromatic rings. The van der Waals surface area contributed by atoms with Crippen molar-refractivity contribution >= 4 is 11.7 Å². The summed E-state index contributed by atoms with van der Waals surface area (Å²) < 4.78 is 17.5. The molecule has 0 saturated heterocycles. The molecule has 28 heavy (non-hydrogen) atoms. The van der Waals surface area contributed by atoms with E-state index in [1.54, 1.807) is 6.07 Å². The summed E-state index contributed by atoms with van der Waals surface area (Å²) in [4.78, 5) is 36.3. The highest BCUT2D eigenvalue weighted by Gasteiger charge is 2.49. The Morgan fingerprint density at radius 1 is 1.32 bits per heavy atom. The molecule has 0 aliphatic carbocycles. The van der Waals surface area contributed by atoms with E-state index in [4.69, 9.17) is 14.2 Å². The summed E-state index contributed by atoms with van der Waals surface area (Å²) in [5.41, 5.74) is -0.0287. The molecule has 11 nitrogen and oxygen atoms in total. The quantitative estimate of drug-likeness (QED) is 0.591. The summed E-state index contributed by atoms with van der Waals surface area (Å²) in [5.74, 6) is -0.677. The minimum atomic E-state index is -1.68. The molecule has 0 bridgehead atoms. The lowest BCUT2D eigenvalue weighted by Crippen LogP contribution is -2.45. The Morgan fingerprint density at radius 3 is 2.71 bits per heavy atom. The number of methoxy groups -OCH3 is 1. The zero-order chi connectivity index (χ0) is 20.2. The third-order valence-electron chi connectivity index (χ3n) is 4.88.